The monoisotopic (exact) mass is 362 g/mol. The van der Waals surface area contributed by atoms with Gasteiger partial charge >= 0.3 is 0 Å². The van der Waals surface area contributed by atoms with Crippen LogP contribution >= 0.6 is 0 Å². The Morgan fingerprint density at radius 3 is 2.11 bits per heavy atom. The molecule has 27 heavy (non-hydrogen) atoms. The predicted molar refractivity (Wildman–Crippen MR) is 109 cm³/mol. The van der Waals surface area contributed by atoms with Crippen LogP contribution in [0, 0.1) is 0 Å². The van der Waals surface area contributed by atoms with Crippen LogP contribution in [0.15, 0.2) is 71.0 Å². The molecule has 0 fully saturated rings. The maximum absolute atomic E-state index is 5.75. The lowest BCUT2D eigenvalue weighted by molar-refractivity contribution is 0.305. The summed E-state index contributed by atoms with van der Waals surface area (Å²) in [5.41, 5.74) is 3.80. The molecular formula is C22H26N4O. The van der Waals surface area contributed by atoms with E-state index in [9.17, 15) is 0 Å². The molecule has 0 aliphatic carbocycles. The molecule has 140 valence electrons. The summed E-state index contributed by atoms with van der Waals surface area (Å²) in [7, 11) is 1.93. The average molecular weight is 362 g/mol. The van der Waals surface area contributed by atoms with E-state index in [-0.39, 0.29) is 0 Å². The van der Waals surface area contributed by atoms with Gasteiger partial charge in [0.05, 0.1) is 23.7 Å². The minimum Gasteiger partial charge on any atom is -0.494 e. The number of rotatable bonds is 9. The third-order valence-electron chi connectivity index (χ3n) is 4.37. The molecule has 0 bridgehead atoms. The number of unbranched alkanes of at least 4 members (excludes halogenated alkanes) is 3. The second-order valence-electron chi connectivity index (χ2n) is 6.49. The van der Waals surface area contributed by atoms with E-state index in [1.807, 2.05) is 66.3 Å². The Bertz CT molecular complexity index is 851. The van der Waals surface area contributed by atoms with E-state index in [0.29, 0.717) is 0 Å². The molecule has 0 atom stereocenters. The van der Waals surface area contributed by atoms with Gasteiger partial charge < -0.3 is 4.74 Å². The fraction of sp³-hybridized carbons (Fsp3) is 0.318. The van der Waals surface area contributed by atoms with Gasteiger partial charge in [-0.3, -0.25) is 4.68 Å². The molecular weight excluding hydrogens is 336 g/mol. The molecule has 5 heteroatoms. The predicted octanol–water partition coefficient (Wildman–Crippen LogP) is 6.46. The molecule has 0 amide bonds. The number of nitrogens with zero attached hydrogens (tertiary/aromatic N) is 4. The summed E-state index contributed by atoms with van der Waals surface area (Å²) in [5.74, 6) is 0.881. The Morgan fingerprint density at radius 1 is 0.852 bits per heavy atom. The standard InChI is InChI=1S/C22H26N4O/c1-3-4-5-6-17-27-21-13-11-20(12-14-21)25-24-19-9-7-18(8-10-19)22-15-16-23-26(22)2/h7-16H,3-6,17H2,1-2H3/b25-24+. The minimum atomic E-state index is 0.768. The second kappa shape index (κ2) is 9.67. The summed E-state index contributed by atoms with van der Waals surface area (Å²) in [4.78, 5) is 0. The molecule has 1 heterocycles. The zero-order valence-corrected chi connectivity index (χ0v) is 16.0. The first-order valence-electron chi connectivity index (χ1n) is 9.49. The summed E-state index contributed by atoms with van der Waals surface area (Å²) in [6.45, 7) is 2.98. The van der Waals surface area contributed by atoms with Gasteiger partial charge in [-0.2, -0.15) is 15.3 Å². The Balaban J connectivity index is 1.54. The second-order valence-corrected chi connectivity index (χ2v) is 6.49. The maximum atomic E-state index is 5.75. The van der Waals surface area contributed by atoms with Crippen molar-refractivity contribution in [2.45, 2.75) is 32.6 Å². The van der Waals surface area contributed by atoms with Gasteiger partial charge in [-0.1, -0.05) is 38.3 Å². The first-order valence-corrected chi connectivity index (χ1v) is 9.49. The Labute approximate surface area is 160 Å². The van der Waals surface area contributed by atoms with Gasteiger partial charge in [-0.15, -0.1) is 0 Å². The summed E-state index contributed by atoms with van der Waals surface area (Å²) >= 11 is 0. The topological polar surface area (TPSA) is 51.8 Å². The molecule has 0 aliphatic heterocycles. The fourth-order valence-corrected chi connectivity index (χ4v) is 2.80. The summed E-state index contributed by atoms with van der Waals surface area (Å²) in [6.07, 6.45) is 6.63. The molecule has 3 rings (SSSR count). The lowest BCUT2D eigenvalue weighted by atomic mass is 10.1. The van der Waals surface area contributed by atoms with E-state index in [4.69, 9.17) is 4.74 Å². The van der Waals surface area contributed by atoms with E-state index in [1.165, 1.54) is 19.3 Å². The first-order chi connectivity index (χ1) is 13.3. The van der Waals surface area contributed by atoms with Crippen molar-refractivity contribution < 1.29 is 4.74 Å². The molecule has 0 unspecified atom stereocenters. The molecule has 0 spiro atoms. The van der Waals surface area contributed by atoms with Crippen LogP contribution in [0.25, 0.3) is 11.3 Å². The average Bonchev–Trinajstić information content (AvgIpc) is 3.13. The number of hydrogen-bond acceptors (Lipinski definition) is 4. The molecule has 3 aromatic rings. The number of hydrogen-bond donors (Lipinski definition) is 0. The van der Waals surface area contributed by atoms with Crippen molar-refractivity contribution in [2.24, 2.45) is 17.3 Å². The molecule has 2 aromatic carbocycles. The molecule has 0 N–H and O–H groups in total. The SMILES string of the molecule is CCCCCCOc1ccc(/N=N/c2ccc(-c3ccnn3C)cc2)cc1. The Hall–Kier alpha value is -2.95. The van der Waals surface area contributed by atoms with Crippen LogP contribution in [0.1, 0.15) is 32.6 Å². The van der Waals surface area contributed by atoms with Crippen molar-refractivity contribution in [3.63, 3.8) is 0 Å². The van der Waals surface area contributed by atoms with Crippen LogP contribution in [0.5, 0.6) is 5.75 Å². The highest BCUT2D eigenvalue weighted by atomic mass is 16.5. The molecule has 0 saturated carbocycles. The van der Waals surface area contributed by atoms with E-state index < -0.39 is 0 Å². The van der Waals surface area contributed by atoms with Gasteiger partial charge in [-0.25, -0.2) is 0 Å². The van der Waals surface area contributed by atoms with E-state index >= 15 is 0 Å². The van der Waals surface area contributed by atoms with Crippen LogP contribution in [-0.4, -0.2) is 16.4 Å². The van der Waals surface area contributed by atoms with Crippen molar-refractivity contribution >= 4 is 11.4 Å². The maximum Gasteiger partial charge on any atom is 0.119 e. The summed E-state index contributed by atoms with van der Waals surface area (Å²) < 4.78 is 7.60. The van der Waals surface area contributed by atoms with Crippen molar-refractivity contribution in [1.82, 2.24) is 9.78 Å². The van der Waals surface area contributed by atoms with Crippen molar-refractivity contribution in [3.8, 4) is 17.0 Å². The highest BCUT2D eigenvalue weighted by Gasteiger charge is 2.02. The van der Waals surface area contributed by atoms with Crippen LogP contribution in [-0.2, 0) is 7.05 Å². The van der Waals surface area contributed by atoms with E-state index in [1.54, 1.807) is 6.20 Å². The third-order valence-corrected chi connectivity index (χ3v) is 4.37. The van der Waals surface area contributed by atoms with Gasteiger partial charge in [-0.05, 0) is 54.4 Å². The minimum absolute atomic E-state index is 0.768. The highest BCUT2D eigenvalue weighted by molar-refractivity contribution is 5.61. The number of azo groups is 1. The van der Waals surface area contributed by atoms with Crippen LogP contribution in [0.3, 0.4) is 0 Å². The van der Waals surface area contributed by atoms with Crippen molar-refractivity contribution in [1.29, 1.82) is 0 Å². The van der Waals surface area contributed by atoms with Gasteiger partial charge in [0.15, 0.2) is 0 Å². The van der Waals surface area contributed by atoms with E-state index in [0.717, 1.165) is 41.4 Å². The lowest BCUT2D eigenvalue weighted by Gasteiger charge is -2.05. The quantitative estimate of drug-likeness (QED) is 0.324. The molecule has 0 saturated heterocycles. The van der Waals surface area contributed by atoms with Crippen LogP contribution in [0.4, 0.5) is 11.4 Å². The largest absolute Gasteiger partial charge is 0.494 e. The van der Waals surface area contributed by atoms with Crippen LogP contribution < -0.4 is 4.74 Å². The molecule has 0 aliphatic rings. The molecule has 1 aromatic heterocycles. The van der Waals surface area contributed by atoms with E-state index in [2.05, 4.69) is 22.3 Å². The Kier molecular flexibility index (Phi) is 6.74. The molecule has 5 nitrogen and oxygen atoms in total. The first kappa shape index (κ1) is 18.8. The molecule has 0 radical (unpaired) electrons. The van der Waals surface area contributed by atoms with Gasteiger partial charge in [0, 0.05) is 13.2 Å². The van der Waals surface area contributed by atoms with Crippen LogP contribution in [0.2, 0.25) is 0 Å². The summed E-state index contributed by atoms with van der Waals surface area (Å²) in [6, 6.07) is 17.7. The number of benzene rings is 2. The Morgan fingerprint density at radius 2 is 1.52 bits per heavy atom. The van der Waals surface area contributed by atoms with Gasteiger partial charge in [0.2, 0.25) is 0 Å². The zero-order chi connectivity index (χ0) is 18.9. The normalized spacial score (nSPS) is 11.2. The number of ether oxygens (including phenoxy) is 1. The van der Waals surface area contributed by atoms with Crippen molar-refractivity contribution in [3.05, 3.63) is 60.8 Å². The van der Waals surface area contributed by atoms with Gasteiger partial charge in [0.1, 0.15) is 5.75 Å². The van der Waals surface area contributed by atoms with Crippen molar-refractivity contribution in [2.75, 3.05) is 6.61 Å². The number of aromatic nitrogens is 2. The smallest absolute Gasteiger partial charge is 0.119 e. The third kappa shape index (κ3) is 5.51. The fourth-order valence-electron chi connectivity index (χ4n) is 2.80. The highest BCUT2D eigenvalue weighted by Crippen LogP contribution is 2.24. The zero-order valence-electron chi connectivity index (χ0n) is 16.0. The number of aryl methyl sites for hydroxylation is 1. The lowest BCUT2D eigenvalue weighted by Crippen LogP contribution is -1.96. The van der Waals surface area contributed by atoms with Gasteiger partial charge in [0.25, 0.3) is 0 Å². The summed E-state index contributed by atoms with van der Waals surface area (Å²) in [5, 5.41) is 12.8.